The lowest BCUT2D eigenvalue weighted by Crippen LogP contribution is -2.28. The standard InChI is InChI=1S/C34H29ClN4O2/c1-38(2)26-16-13-23(14-17-26)30-21-29(37-39(30)31(40)19-22-9-5-3-6-10-22)33-32(24-11-7-4-8-12-24)27-20-25(35)15-18-28(27)36-34(33)41/h3-18,20,30H,19,21H2,1-2H3,(H,36,41)/t30-/m1/s1. The van der Waals surface area contributed by atoms with Gasteiger partial charge in [-0.2, -0.15) is 5.10 Å². The van der Waals surface area contributed by atoms with Gasteiger partial charge in [0, 0.05) is 47.7 Å². The smallest absolute Gasteiger partial charge is 0.258 e. The number of aromatic nitrogens is 1. The van der Waals surface area contributed by atoms with E-state index in [4.69, 9.17) is 16.7 Å². The van der Waals surface area contributed by atoms with Crippen LogP contribution in [-0.4, -0.2) is 35.7 Å². The Morgan fingerprint density at radius 1 is 0.927 bits per heavy atom. The van der Waals surface area contributed by atoms with Crippen LogP contribution < -0.4 is 10.5 Å². The number of rotatable bonds is 6. The molecule has 1 aromatic heterocycles. The number of nitrogens with zero attached hydrogens (tertiary/aromatic N) is 3. The second-order valence-corrected chi connectivity index (χ2v) is 10.8. The number of carbonyl (C=O) groups excluding carboxylic acids is 1. The number of aromatic amines is 1. The van der Waals surface area contributed by atoms with Gasteiger partial charge in [-0.3, -0.25) is 9.59 Å². The molecule has 0 bridgehead atoms. The van der Waals surface area contributed by atoms with Gasteiger partial charge in [0.25, 0.3) is 5.56 Å². The largest absolute Gasteiger partial charge is 0.378 e. The van der Waals surface area contributed by atoms with E-state index in [0.717, 1.165) is 33.3 Å². The van der Waals surface area contributed by atoms with Crippen molar-refractivity contribution in [3.05, 3.63) is 135 Å². The number of benzene rings is 4. The Kier molecular flexibility index (Phi) is 7.16. The van der Waals surface area contributed by atoms with Crippen molar-refractivity contribution in [3.8, 4) is 11.1 Å². The minimum absolute atomic E-state index is 0.130. The molecule has 7 heteroatoms. The van der Waals surface area contributed by atoms with Gasteiger partial charge < -0.3 is 9.88 Å². The van der Waals surface area contributed by atoms with Crippen molar-refractivity contribution in [3.63, 3.8) is 0 Å². The number of hydrazone groups is 1. The molecule has 0 saturated heterocycles. The summed E-state index contributed by atoms with van der Waals surface area (Å²) in [6.07, 6.45) is 0.607. The van der Waals surface area contributed by atoms with E-state index in [0.29, 0.717) is 28.2 Å². The first-order chi connectivity index (χ1) is 19.9. The molecule has 1 N–H and O–H groups in total. The van der Waals surface area contributed by atoms with Crippen LogP contribution in [0.1, 0.15) is 29.2 Å². The average molecular weight is 561 g/mol. The fourth-order valence-corrected chi connectivity index (χ4v) is 5.61. The number of pyridine rings is 1. The zero-order chi connectivity index (χ0) is 28.5. The van der Waals surface area contributed by atoms with Crippen molar-refractivity contribution >= 4 is 39.8 Å². The zero-order valence-corrected chi connectivity index (χ0v) is 23.6. The van der Waals surface area contributed by atoms with E-state index in [9.17, 15) is 9.59 Å². The molecule has 0 radical (unpaired) electrons. The minimum atomic E-state index is -0.351. The summed E-state index contributed by atoms with van der Waals surface area (Å²) in [6.45, 7) is 0. The summed E-state index contributed by atoms with van der Waals surface area (Å²) in [5, 5.41) is 7.83. The quantitative estimate of drug-likeness (QED) is 0.247. The highest BCUT2D eigenvalue weighted by Crippen LogP contribution is 2.38. The third-order valence-corrected chi connectivity index (χ3v) is 7.72. The third kappa shape index (κ3) is 5.26. The highest BCUT2D eigenvalue weighted by atomic mass is 35.5. The molecule has 0 aliphatic carbocycles. The molecule has 1 aliphatic heterocycles. The highest BCUT2D eigenvalue weighted by Gasteiger charge is 2.35. The summed E-state index contributed by atoms with van der Waals surface area (Å²) >= 11 is 6.43. The number of hydrogen-bond acceptors (Lipinski definition) is 4. The Labute approximate surface area is 243 Å². The van der Waals surface area contributed by atoms with E-state index in [-0.39, 0.29) is 23.9 Å². The fraction of sp³-hybridized carbons (Fsp3) is 0.147. The Balaban J connectivity index is 1.51. The van der Waals surface area contributed by atoms with Gasteiger partial charge in [0.15, 0.2) is 0 Å². The minimum Gasteiger partial charge on any atom is -0.378 e. The van der Waals surface area contributed by atoms with Gasteiger partial charge in [-0.25, -0.2) is 5.01 Å². The van der Waals surface area contributed by atoms with E-state index in [1.165, 1.54) is 0 Å². The number of nitrogens with one attached hydrogen (secondary N) is 1. The summed E-state index contributed by atoms with van der Waals surface area (Å²) in [5.74, 6) is -0.130. The molecule has 0 unspecified atom stereocenters. The van der Waals surface area contributed by atoms with E-state index < -0.39 is 0 Å². The molecule has 6 nitrogen and oxygen atoms in total. The number of hydrogen-bond donors (Lipinski definition) is 1. The molecule has 4 aromatic carbocycles. The second kappa shape index (κ2) is 11.1. The molecular formula is C34H29ClN4O2. The predicted molar refractivity (Wildman–Crippen MR) is 167 cm³/mol. The van der Waals surface area contributed by atoms with Crippen LogP contribution in [0.3, 0.4) is 0 Å². The third-order valence-electron chi connectivity index (χ3n) is 7.49. The normalized spacial score (nSPS) is 14.8. The van der Waals surface area contributed by atoms with Gasteiger partial charge in [0.2, 0.25) is 5.91 Å². The first-order valence-electron chi connectivity index (χ1n) is 13.5. The average Bonchev–Trinajstić information content (AvgIpc) is 3.43. The van der Waals surface area contributed by atoms with Gasteiger partial charge in [-0.05, 0) is 47.0 Å². The molecule has 6 rings (SSSR count). The molecule has 41 heavy (non-hydrogen) atoms. The molecule has 1 amide bonds. The van der Waals surface area contributed by atoms with E-state index in [1.54, 1.807) is 11.1 Å². The molecule has 5 aromatic rings. The number of halogens is 1. The summed E-state index contributed by atoms with van der Waals surface area (Å²) in [7, 11) is 3.98. The first-order valence-corrected chi connectivity index (χ1v) is 13.9. The molecule has 204 valence electrons. The maximum atomic E-state index is 13.8. The van der Waals surface area contributed by atoms with Crippen LogP contribution in [0.25, 0.3) is 22.0 Å². The van der Waals surface area contributed by atoms with E-state index in [1.807, 2.05) is 116 Å². The Morgan fingerprint density at radius 2 is 1.61 bits per heavy atom. The van der Waals surface area contributed by atoms with Crippen molar-refractivity contribution in [1.82, 2.24) is 9.99 Å². The van der Waals surface area contributed by atoms with Gasteiger partial charge in [0.05, 0.1) is 23.7 Å². The maximum Gasteiger partial charge on any atom is 0.258 e. The Hall–Kier alpha value is -4.68. The zero-order valence-electron chi connectivity index (χ0n) is 22.8. The molecule has 0 spiro atoms. The summed E-state index contributed by atoms with van der Waals surface area (Å²) in [6, 6.07) is 32.6. The lowest BCUT2D eigenvalue weighted by Gasteiger charge is -2.23. The van der Waals surface area contributed by atoms with Crippen LogP contribution in [0.5, 0.6) is 0 Å². The topological polar surface area (TPSA) is 68.8 Å². The highest BCUT2D eigenvalue weighted by molar-refractivity contribution is 6.31. The summed E-state index contributed by atoms with van der Waals surface area (Å²) < 4.78 is 0. The fourth-order valence-electron chi connectivity index (χ4n) is 5.44. The Morgan fingerprint density at radius 3 is 2.29 bits per heavy atom. The molecule has 1 atom stereocenters. The number of amides is 1. The maximum absolute atomic E-state index is 13.8. The van der Waals surface area contributed by atoms with Gasteiger partial charge in [-0.1, -0.05) is 84.4 Å². The van der Waals surface area contributed by atoms with Crippen LogP contribution in [0.2, 0.25) is 5.02 Å². The van der Waals surface area contributed by atoms with Gasteiger partial charge in [-0.15, -0.1) is 0 Å². The van der Waals surface area contributed by atoms with Crippen LogP contribution in [0.4, 0.5) is 5.69 Å². The predicted octanol–water partition coefficient (Wildman–Crippen LogP) is 6.83. The van der Waals surface area contributed by atoms with Crippen molar-refractivity contribution in [1.29, 1.82) is 0 Å². The van der Waals surface area contributed by atoms with Crippen LogP contribution in [0.15, 0.2) is 113 Å². The number of anilines is 1. The van der Waals surface area contributed by atoms with Crippen molar-refractivity contribution in [2.24, 2.45) is 5.10 Å². The second-order valence-electron chi connectivity index (χ2n) is 10.4. The van der Waals surface area contributed by atoms with Crippen LogP contribution >= 0.6 is 11.6 Å². The van der Waals surface area contributed by atoms with Crippen molar-refractivity contribution in [2.45, 2.75) is 18.9 Å². The lowest BCUT2D eigenvalue weighted by molar-refractivity contribution is -0.132. The molecule has 1 aliphatic rings. The first kappa shape index (κ1) is 26.5. The number of carbonyl (C=O) groups is 1. The van der Waals surface area contributed by atoms with Crippen LogP contribution in [-0.2, 0) is 11.2 Å². The SMILES string of the molecule is CN(C)c1ccc([C@H]2CC(c3c(-c4ccccc4)c4cc(Cl)ccc4[nH]c3=O)=NN2C(=O)Cc2ccccc2)cc1. The monoisotopic (exact) mass is 560 g/mol. The van der Waals surface area contributed by atoms with Crippen molar-refractivity contribution < 1.29 is 4.79 Å². The van der Waals surface area contributed by atoms with Gasteiger partial charge >= 0.3 is 0 Å². The van der Waals surface area contributed by atoms with Gasteiger partial charge in [0.1, 0.15) is 0 Å². The van der Waals surface area contributed by atoms with E-state index in [2.05, 4.69) is 4.98 Å². The van der Waals surface area contributed by atoms with Crippen molar-refractivity contribution in [2.75, 3.05) is 19.0 Å². The number of fused-ring (bicyclic) bond motifs is 1. The molecular weight excluding hydrogens is 532 g/mol. The summed E-state index contributed by atoms with van der Waals surface area (Å²) in [4.78, 5) is 32.6. The lowest BCUT2D eigenvalue weighted by atomic mass is 9.91. The molecule has 0 saturated carbocycles. The van der Waals surface area contributed by atoms with E-state index >= 15 is 0 Å². The molecule has 0 fully saturated rings. The Bertz CT molecular complexity index is 1810. The summed E-state index contributed by atoms with van der Waals surface area (Å²) in [5.41, 5.74) is 6.01. The molecule has 2 heterocycles. The number of H-pyrrole nitrogens is 1. The van der Waals surface area contributed by atoms with Crippen LogP contribution in [0, 0.1) is 0 Å².